The quantitative estimate of drug-likeness (QED) is 0.812. The molecule has 0 aliphatic carbocycles. The summed E-state index contributed by atoms with van der Waals surface area (Å²) in [5.74, 6) is 0.512. The fourth-order valence-corrected chi connectivity index (χ4v) is 2.90. The van der Waals surface area contributed by atoms with Crippen molar-refractivity contribution in [3.8, 4) is 0 Å². The Morgan fingerprint density at radius 2 is 1.91 bits per heavy atom. The number of benzene rings is 2. The smallest absolute Gasteiger partial charge is 0.230 e. The highest BCUT2D eigenvalue weighted by Crippen LogP contribution is 2.24. The summed E-state index contributed by atoms with van der Waals surface area (Å²) in [7, 11) is 0. The van der Waals surface area contributed by atoms with Crippen molar-refractivity contribution in [1.82, 2.24) is 5.32 Å². The van der Waals surface area contributed by atoms with Crippen LogP contribution in [0.4, 0.5) is 4.39 Å². The Kier molecular flexibility index (Phi) is 6.55. The average Bonchev–Trinajstić information content (AvgIpc) is 2.50. The van der Waals surface area contributed by atoms with Crippen LogP contribution in [0.25, 0.3) is 0 Å². The van der Waals surface area contributed by atoms with Gasteiger partial charge in [0.2, 0.25) is 5.91 Å². The van der Waals surface area contributed by atoms with Crippen LogP contribution in [0.1, 0.15) is 11.1 Å². The molecule has 0 fully saturated rings. The summed E-state index contributed by atoms with van der Waals surface area (Å²) >= 11 is 13.2. The van der Waals surface area contributed by atoms with Crippen molar-refractivity contribution in [3.05, 3.63) is 69.5 Å². The molecule has 2 aromatic carbocycles. The minimum absolute atomic E-state index is 0.131. The molecule has 2 aromatic rings. The highest BCUT2D eigenvalue weighted by atomic mass is 35.5. The second kappa shape index (κ2) is 8.42. The van der Waals surface area contributed by atoms with E-state index in [0.29, 0.717) is 27.1 Å². The molecule has 0 aromatic heterocycles. The van der Waals surface area contributed by atoms with Gasteiger partial charge in [-0.15, -0.1) is 11.8 Å². The van der Waals surface area contributed by atoms with Crippen molar-refractivity contribution in [2.75, 3.05) is 5.75 Å². The largest absolute Gasteiger partial charge is 0.351 e. The van der Waals surface area contributed by atoms with Crippen LogP contribution in [-0.2, 0) is 17.1 Å². The molecule has 1 amide bonds. The van der Waals surface area contributed by atoms with Gasteiger partial charge in [0, 0.05) is 17.9 Å². The Balaban J connectivity index is 1.74. The Labute approximate surface area is 143 Å². The average molecular weight is 358 g/mol. The fourth-order valence-electron chi connectivity index (χ4n) is 1.78. The molecule has 1 N–H and O–H groups in total. The summed E-state index contributed by atoms with van der Waals surface area (Å²) < 4.78 is 13.4. The highest BCUT2D eigenvalue weighted by Gasteiger charge is 2.05. The lowest BCUT2D eigenvalue weighted by atomic mass is 10.2. The molecule has 2 rings (SSSR count). The first kappa shape index (κ1) is 17.1. The number of halogens is 3. The van der Waals surface area contributed by atoms with Gasteiger partial charge in [0.05, 0.1) is 15.8 Å². The zero-order chi connectivity index (χ0) is 15.9. The number of hydrogen-bond donors (Lipinski definition) is 1. The normalized spacial score (nSPS) is 10.5. The van der Waals surface area contributed by atoms with Crippen LogP contribution in [0.15, 0.2) is 42.5 Å². The molecule has 0 bridgehead atoms. The molecule has 0 spiro atoms. The van der Waals surface area contributed by atoms with Crippen molar-refractivity contribution in [2.45, 2.75) is 12.3 Å². The summed E-state index contributed by atoms with van der Waals surface area (Å²) in [6.07, 6.45) is 0. The van der Waals surface area contributed by atoms with Gasteiger partial charge < -0.3 is 5.32 Å². The summed E-state index contributed by atoms with van der Waals surface area (Å²) in [6.45, 7) is 0.193. The van der Waals surface area contributed by atoms with E-state index in [-0.39, 0.29) is 18.3 Å². The highest BCUT2D eigenvalue weighted by molar-refractivity contribution is 7.99. The van der Waals surface area contributed by atoms with Crippen molar-refractivity contribution in [2.24, 2.45) is 0 Å². The third-order valence-electron chi connectivity index (χ3n) is 2.92. The van der Waals surface area contributed by atoms with Gasteiger partial charge in [-0.25, -0.2) is 4.39 Å². The van der Waals surface area contributed by atoms with Gasteiger partial charge >= 0.3 is 0 Å². The zero-order valence-electron chi connectivity index (χ0n) is 11.6. The van der Waals surface area contributed by atoms with E-state index < -0.39 is 0 Å². The molecule has 0 aliphatic heterocycles. The number of nitrogens with one attached hydrogen (secondary N) is 1. The lowest BCUT2D eigenvalue weighted by Crippen LogP contribution is -2.25. The summed E-state index contributed by atoms with van der Waals surface area (Å²) in [6, 6.07) is 11.8. The number of hydrogen-bond acceptors (Lipinski definition) is 2. The molecule has 0 saturated heterocycles. The zero-order valence-corrected chi connectivity index (χ0v) is 13.9. The Hall–Kier alpha value is -1.23. The molecule has 0 heterocycles. The molecule has 2 nitrogen and oxygen atoms in total. The van der Waals surface area contributed by atoms with E-state index >= 15 is 0 Å². The van der Waals surface area contributed by atoms with Crippen LogP contribution < -0.4 is 5.32 Å². The van der Waals surface area contributed by atoms with Crippen molar-refractivity contribution in [1.29, 1.82) is 0 Å². The maximum absolute atomic E-state index is 13.4. The predicted octanol–water partition coefficient (Wildman–Crippen LogP) is 4.68. The van der Waals surface area contributed by atoms with Gasteiger partial charge in [0.15, 0.2) is 0 Å². The first-order chi connectivity index (χ1) is 10.6. The van der Waals surface area contributed by atoms with Crippen LogP contribution in [0.3, 0.4) is 0 Å². The van der Waals surface area contributed by atoms with E-state index in [1.165, 1.54) is 17.8 Å². The number of amides is 1. The van der Waals surface area contributed by atoms with Gasteiger partial charge in [-0.1, -0.05) is 47.5 Å². The first-order valence-electron chi connectivity index (χ1n) is 6.58. The lowest BCUT2D eigenvalue weighted by Gasteiger charge is -2.07. The molecular weight excluding hydrogens is 344 g/mol. The second-order valence-corrected chi connectivity index (χ2v) is 6.41. The number of rotatable bonds is 6. The molecule has 116 valence electrons. The molecule has 0 radical (unpaired) electrons. The molecule has 0 atom stereocenters. The summed E-state index contributed by atoms with van der Waals surface area (Å²) in [5, 5.41) is 3.72. The summed E-state index contributed by atoms with van der Waals surface area (Å²) in [5.41, 5.74) is 1.48. The van der Waals surface area contributed by atoms with E-state index in [0.717, 1.165) is 5.56 Å². The van der Waals surface area contributed by atoms with E-state index in [2.05, 4.69) is 5.32 Å². The minimum Gasteiger partial charge on any atom is -0.351 e. The van der Waals surface area contributed by atoms with Crippen LogP contribution >= 0.6 is 35.0 Å². The minimum atomic E-state index is -0.314. The van der Waals surface area contributed by atoms with E-state index in [4.69, 9.17) is 23.2 Å². The lowest BCUT2D eigenvalue weighted by molar-refractivity contribution is -0.118. The van der Waals surface area contributed by atoms with Crippen molar-refractivity contribution in [3.63, 3.8) is 0 Å². The SMILES string of the molecule is O=C(CSCc1ccc(Cl)c(Cl)c1)NCc1ccccc1F. The monoisotopic (exact) mass is 357 g/mol. The van der Waals surface area contributed by atoms with Gasteiger partial charge in [0.25, 0.3) is 0 Å². The van der Waals surface area contributed by atoms with Crippen LogP contribution in [0.5, 0.6) is 0 Å². The predicted molar refractivity (Wildman–Crippen MR) is 90.9 cm³/mol. The summed E-state index contributed by atoms with van der Waals surface area (Å²) in [4.78, 5) is 11.7. The standard InChI is InChI=1S/C16H14Cl2FNOS/c17-13-6-5-11(7-14(13)18)9-22-10-16(21)20-8-12-3-1-2-4-15(12)19/h1-7H,8-10H2,(H,20,21). The number of carbonyl (C=O) groups excluding carboxylic acids is 1. The topological polar surface area (TPSA) is 29.1 Å². The second-order valence-electron chi connectivity index (χ2n) is 4.61. The molecule has 0 unspecified atom stereocenters. The van der Waals surface area contributed by atoms with E-state index in [1.54, 1.807) is 30.3 Å². The molecule has 6 heteroatoms. The Morgan fingerprint density at radius 1 is 1.14 bits per heavy atom. The molecule has 22 heavy (non-hydrogen) atoms. The maximum atomic E-state index is 13.4. The molecule has 0 saturated carbocycles. The molecular formula is C16H14Cl2FNOS. The van der Waals surface area contributed by atoms with E-state index in [9.17, 15) is 9.18 Å². The van der Waals surface area contributed by atoms with Crippen molar-refractivity contribution < 1.29 is 9.18 Å². The maximum Gasteiger partial charge on any atom is 0.230 e. The van der Waals surface area contributed by atoms with Gasteiger partial charge in [0.1, 0.15) is 5.82 Å². The number of thioether (sulfide) groups is 1. The third kappa shape index (κ3) is 5.20. The van der Waals surface area contributed by atoms with Gasteiger partial charge in [-0.2, -0.15) is 0 Å². The number of carbonyl (C=O) groups is 1. The van der Waals surface area contributed by atoms with Crippen molar-refractivity contribution >= 4 is 40.9 Å². The van der Waals surface area contributed by atoms with E-state index in [1.807, 2.05) is 6.07 Å². The molecule has 0 aliphatic rings. The fraction of sp³-hybridized carbons (Fsp3) is 0.188. The first-order valence-corrected chi connectivity index (χ1v) is 8.49. The van der Waals surface area contributed by atoms with Crippen LogP contribution in [0, 0.1) is 5.82 Å². The van der Waals surface area contributed by atoms with Crippen LogP contribution in [0.2, 0.25) is 10.0 Å². The Morgan fingerprint density at radius 3 is 2.64 bits per heavy atom. The van der Waals surface area contributed by atoms with Gasteiger partial charge in [-0.05, 0) is 23.8 Å². The van der Waals surface area contributed by atoms with Gasteiger partial charge in [-0.3, -0.25) is 4.79 Å². The van der Waals surface area contributed by atoms with Crippen LogP contribution in [-0.4, -0.2) is 11.7 Å². The third-order valence-corrected chi connectivity index (χ3v) is 4.66. The Bertz CT molecular complexity index is 666.